The van der Waals surface area contributed by atoms with Crippen LogP contribution >= 0.6 is 0 Å². The van der Waals surface area contributed by atoms with Gasteiger partial charge in [0.15, 0.2) is 0 Å². The molecule has 0 unspecified atom stereocenters. The van der Waals surface area contributed by atoms with Crippen molar-refractivity contribution in [2.24, 2.45) is 5.92 Å². The average molecular weight is 325 g/mol. The van der Waals surface area contributed by atoms with Crippen molar-refractivity contribution in [3.8, 4) is 0 Å². The molecule has 0 aromatic heterocycles. The first-order valence-corrected chi connectivity index (χ1v) is 8.05. The molecule has 1 heterocycles. The highest BCUT2D eigenvalue weighted by atomic mass is 19.1. The second kappa shape index (κ2) is 6.93. The number of carbonyl (C=O) groups excluding carboxylic acids is 1. The molecule has 2 fully saturated rings. The Kier molecular flexibility index (Phi) is 4.92. The summed E-state index contributed by atoms with van der Waals surface area (Å²) in [6.45, 7) is 1.24. The van der Waals surface area contributed by atoms with E-state index in [1.807, 2.05) is 0 Å². The highest BCUT2D eigenvalue weighted by molar-refractivity contribution is 5.79. The Bertz CT molecular complexity index is 581. The maximum atomic E-state index is 13.8. The molecule has 4 nitrogen and oxygen atoms in total. The van der Waals surface area contributed by atoms with Gasteiger partial charge in [-0.05, 0) is 31.0 Å². The number of amides is 1. The summed E-state index contributed by atoms with van der Waals surface area (Å²) in [6.07, 6.45) is 1.92. The molecule has 1 saturated heterocycles. The molecule has 0 spiro atoms. The van der Waals surface area contributed by atoms with Gasteiger partial charge >= 0.3 is 0 Å². The van der Waals surface area contributed by atoms with E-state index in [0.29, 0.717) is 19.8 Å². The predicted octanol–water partition coefficient (Wildman–Crippen LogP) is 1.90. The fraction of sp³-hybridized carbons (Fsp3) is 0.588. The van der Waals surface area contributed by atoms with Gasteiger partial charge in [-0.15, -0.1) is 0 Å². The Morgan fingerprint density at radius 3 is 2.91 bits per heavy atom. The number of rotatable bonds is 3. The standard InChI is InChI=1S/C17H21F2NO3/c18-12-4-5-14(19)11(8-12)9-17(22)20-6-7-23-10-15(20)13-2-1-3-16(13)21/h4-5,8,13,15-16,21H,1-3,6-7,9-10H2/t13-,15-,16+/m1/s1. The number of ether oxygens (including phenoxy) is 1. The summed E-state index contributed by atoms with van der Waals surface area (Å²) in [5.41, 5.74) is 0.0622. The van der Waals surface area contributed by atoms with E-state index in [2.05, 4.69) is 0 Å². The molecule has 1 saturated carbocycles. The van der Waals surface area contributed by atoms with Gasteiger partial charge < -0.3 is 14.7 Å². The quantitative estimate of drug-likeness (QED) is 0.923. The fourth-order valence-electron chi connectivity index (χ4n) is 3.65. The Hall–Kier alpha value is -1.53. The molecule has 126 valence electrons. The lowest BCUT2D eigenvalue weighted by atomic mass is 9.93. The van der Waals surface area contributed by atoms with Crippen LogP contribution in [0.3, 0.4) is 0 Å². The SMILES string of the molecule is O=C(Cc1cc(F)ccc1F)N1CCOC[C@@H]1[C@H]1CCC[C@@H]1O. The number of aliphatic hydroxyl groups is 1. The lowest BCUT2D eigenvalue weighted by Gasteiger charge is -2.40. The van der Waals surface area contributed by atoms with Crippen molar-refractivity contribution in [1.29, 1.82) is 0 Å². The normalized spacial score (nSPS) is 28.1. The van der Waals surface area contributed by atoms with Crippen LogP contribution in [0.4, 0.5) is 8.78 Å². The van der Waals surface area contributed by atoms with Gasteiger partial charge in [0.2, 0.25) is 5.91 Å². The highest BCUT2D eigenvalue weighted by Gasteiger charge is 2.39. The zero-order valence-electron chi connectivity index (χ0n) is 12.9. The van der Waals surface area contributed by atoms with E-state index in [-0.39, 0.29) is 29.9 Å². The Morgan fingerprint density at radius 1 is 1.35 bits per heavy atom. The van der Waals surface area contributed by atoms with Crippen LogP contribution in [0.25, 0.3) is 0 Å². The van der Waals surface area contributed by atoms with Gasteiger partial charge in [0.1, 0.15) is 11.6 Å². The maximum Gasteiger partial charge on any atom is 0.227 e. The molecule has 3 rings (SSSR count). The largest absolute Gasteiger partial charge is 0.393 e. The summed E-state index contributed by atoms with van der Waals surface area (Å²) >= 11 is 0. The topological polar surface area (TPSA) is 49.8 Å². The maximum absolute atomic E-state index is 13.8. The van der Waals surface area contributed by atoms with Crippen LogP contribution in [0.15, 0.2) is 18.2 Å². The van der Waals surface area contributed by atoms with Gasteiger partial charge in [-0.2, -0.15) is 0 Å². The average Bonchev–Trinajstić information content (AvgIpc) is 2.97. The molecule has 0 bridgehead atoms. The highest BCUT2D eigenvalue weighted by Crippen LogP contribution is 2.32. The van der Waals surface area contributed by atoms with Gasteiger partial charge in [0.05, 0.1) is 31.8 Å². The molecule has 6 heteroatoms. The van der Waals surface area contributed by atoms with Gasteiger partial charge in [-0.1, -0.05) is 6.42 Å². The van der Waals surface area contributed by atoms with Crippen molar-refractivity contribution < 1.29 is 23.4 Å². The molecule has 1 amide bonds. The summed E-state index contributed by atoms with van der Waals surface area (Å²) in [4.78, 5) is 14.3. The van der Waals surface area contributed by atoms with Crippen molar-refractivity contribution in [3.63, 3.8) is 0 Å². The zero-order chi connectivity index (χ0) is 16.4. The summed E-state index contributed by atoms with van der Waals surface area (Å²) in [5.74, 6) is -1.39. The molecular weight excluding hydrogens is 304 g/mol. The minimum atomic E-state index is -0.578. The lowest BCUT2D eigenvalue weighted by Crippen LogP contribution is -2.54. The van der Waals surface area contributed by atoms with Crippen LogP contribution in [0.5, 0.6) is 0 Å². The molecular formula is C17H21F2NO3. The van der Waals surface area contributed by atoms with E-state index in [4.69, 9.17) is 4.74 Å². The van der Waals surface area contributed by atoms with Crippen LogP contribution in [0.2, 0.25) is 0 Å². The minimum absolute atomic E-state index is 0.00314. The number of halogens is 2. The van der Waals surface area contributed by atoms with Gasteiger partial charge in [-0.25, -0.2) is 8.78 Å². The molecule has 1 aliphatic heterocycles. The van der Waals surface area contributed by atoms with Crippen LogP contribution in [-0.4, -0.2) is 47.8 Å². The van der Waals surface area contributed by atoms with Crippen molar-refractivity contribution >= 4 is 5.91 Å². The summed E-state index contributed by atoms with van der Waals surface area (Å²) in [6, 6.07) is 2.95. The fourth-order valence-corrected chi connectivity index (χ4v) is 3.65. The number of aliphatic hydroxyl groups excluding tert-OH is 1. The van der Waals surface area contributed by atoms with Crippen molar-refractivity contribution in [1.82, 2.24) is 4.90 Å². The number of morpholine rings is 1. The Balaban J connectivity index is 1.74. The molecule has 23 heavy (non-hydrogen) atoms. The first-order valence-electron chi connectivity index (χ1n) is 8.05. The smallest absolute Gasteiger partial charge is 0.227 e. The molecule has 1 aliphatic carbocycles. The summed E-state index contributed by atoms with van der Waals surface area (Å²) < 4.78 is 32.5. The Morgan fingerprint density at radius 2 is 2.17 bits per heavy atom. The van der Waals surface area contributed by atoms with E-state index in [9.17, 15) is 18.7 Å². The summed E-state index contributed by atoms with van der Waals surface area (Å²) in [7, 11) is 0. The zero-order valence-corrected chi connectivity index (χ0v) is 12.9. The second-order valence-electron chi connectivity index (χ2n) is 6.30. The van der Waals surface area contributed by atoms with Crippen LogP contribution in [0, 0.1) is 17.6 Å². The number of carbonyl (C=O) groups is 1. The van der Waals surface area contributed by atoms with E-state index in [1.54, 1.807) is 4.90 Å². The van der Waals surface area contributed by atoms with Crippen molar-refractivity contribution in [2.45, 2.75) is 37.8 Å². The number of nitrogens with zero attached hydrogens (tertiary/aromatic N) is 1. The van der Waals surface area contributed by atoms with Gasteiger partial charge in [-0.3, -0.25) is 4.79 Å². The van der Waals surface area contributed by atoms with Crippen molar-refractivity contribution in [3.05, 3.63) is 35.4 Å². The van der Waals surface area contributed by atoms with Crippen LogP contribution in [-0.2, 0) is 16.0 Å². The molecule has 1 N–H and O–H groups in total. The third kappa shape index (κ3) is 3.53. The predicted molar refractivity (Wildman–Crippen MR) is 79.7 cm³/mol. The molecule has 1 aromatic rings. The van der Waals surface area contributed by atoms with E-state index in [0.717, 1.165) is 37.5 Å². The van der Waals surface area contributed by atoms with Gasteiger partial charge in [0, 0.05) is 18.0 Å². The lowest BCUT2D eigenvalue weighted by molar-refractivity contribution is -0.143. The van der Waals surface area contributed by atoms with E-state index >= 15 is 0 Å². The molecule has 1 aromatic carbocycles. The molecule has 0 radical (unpaired) electrons. The second-order valence-corrected chi connectivity index (χ2v) is 6.30. The number of hydrogen-bond donors (Lipinski definition) is 1. The number of hydrogen-bond acceptors (Lipinski definition) is 3. The minimum Gasteiger partial charge on any atom is -0.393 e. The molecule has 3 atom stereocenters. The first-order chi connectivity index (χ1) is 11.1. The van der Waals surface area contributed by atoms with E-state index in [1.165, 1.54) is 0 Å². The Labute approximate surface area is 134 Å². The summed E-state index contributed by atoms with van der Waals surface area (Å²) in [5, 5.41) is 10.1. The van der Waals surface area contributed by atoms with Crippen LogP contribution < -0.4 is 0 Å². The number of benzene rings is 1. The monoisotopic (exact) mass is 325 g/mol. The van der Waals surface area contributed by atoms with E-state index < -0.39 is 17.7 Å². The van der Waals surface area contributed by atoms with Crippen LogP contribution in [0.1, 0.15) is 24.8 Å². The van der Waals surface area contributed by atoms with Crippen molar-refractivity contribution in [2.75, 3.05) is 19.8 Å². The molecule has 2 aliphatic rings. The third-order valence-corrected chi connectivity index (χ3v) is 4.86. The third-order valence-electron chi connectivity index (χ3n) is 4.86. The van der Waals surface area contributed by atoms with Gasteiger partial charge in [0.25, 0.3) is 0 Å². The first kappa shape index (κ1) is 16.3.